The van der Waals surface area contributed by atoms with Gasteiger partial charge in [-0.1, -0.05) is 0 Å². The van der Waals surface area contributed by atoms with Crippen molar-refractivity contribution in [1.82, 2.24) is 14.8 Å². The Morgan fingerprint density at radius 2 is 2.10 bits per heavy atom. The summed E-state index contributed by atoms with van der Waals surface area (Å²) in [6, 6.07) is 3.45. The minimum absolute atomic E-state index is 0.0395. The molecular formula is C14H20N4O2. The van der Waals surface area contributed by atoms with E-state index >= 15 is 0 Å². The van der Waals surface area contributed by atoms with E-state index in [1.165, 1.54) is 6.20 Å². The summed E-state index contributed by atoms with van der Waals surface area (Å²) in [7, 11) is 1.76. The number of nitrogens with two attached hydrogens (primary N) is 1. The summed E-state index contributed by atoms with van der Waals surface area (Å²) < 4.78 is 0. The fourth-order valence-corrected chi connectivity index (χ4v) is 2.44. The molecule has 0 radical (unpaired) electrons. The van der Waals surface area contributed by atoms with Gasteiger partial charge in [0.25, 0.3) is 0 Å². The number of piperazine rings is 1. The first-order valence-corrected chi connectivity index (χ1v) is 6.59. The molecule has 0 spiro atoms. The van der Waals surface area contributed by atoms with Crippen LogP contribution in [0.25, 0.3) is 0 Å². The van der Waals surface area contributed by atoms with Crippen molar-refractivity contribution in [3.63, 3.8) is 0 Å². The molecule has 0 aliphatic carbocycles. The van der Waals surface area contributed by atoms with Gasteiger partial charge in [-0.15, -0.1) is 0 Å². The van der Waals surface area contributed by atoms with Gasteiger partial charge in [-0.2, -0.15) is 0 Å². The Kier molecular flexibility index (Phi) is 3.65. The highest BCUT2D eigenvalue weighted by Gasteiger charge is 2.42. The van der Waals surface area contributed by atoms with Gasteiger partial charge >= 0.3 is 0 Å². The molecule has 2 heterocycles. The summed E-state index contributed by atoms with van der Waals surface area (Å²) in [5, 5.41) is 0. The normalized spacial score (nSPS) is 18.2. The average Bonchev–Trinajstić information content (AvgIpc) is 2.38. The van der Waals surface area contributed by atoms with Crippen molar-refractivity contribution in [3.05, 3.63) is 24.0 Å². The molecule has 0 atom stereocenters. The van der Waals surface area contributed by atoms with Crippen molar-refractivity contribution in [3.8, 4) is 0 Å². The molecule has 1 fully saturated rings. The zero-order valence-electron chi connectivity index (χ0n) is 12.1. The number of hydrogen-bond donors (Lipinski definition) is 1. The summed E-state index contributed by atoms with van der Waals surface area (Å²) in [4.78, 5) is 32.0. The molecule has 2 N–H and O–H groups in total. The van der Waals surface area contributed by atoms with Crippen LogP contribution in [0.3, 0.4) is 0 Å². The molecule has 0 unspecified atom stereocenters. The number of pyridine rings is 1. The van der Waals surface area contributed by atoms with E-state index in [1.54, 1.807) is 42.8 Å². The Hall–Kier alpha value is -2.11. The van der Waals surface area contributed by atoms with Gasteiger partial charge in [0, 0.05) is 25.8 Å². The third-order valence-corrected chi connectivity index (χ3v) is 3.68. The molecule has 6 heteroatoms. The van der Waals surface area contributed by atoms with Gasteiger partial charge in [-0.25, -0.2) is 0 Å². The average molecular weight is 276 g/mol. The van der Waals surface area contributed by atoms with E-state index < -0.39 is 5.54 Å². The third-order valence-electron chi connectivity index (χ3n) is 3.68. The lowest BCUT2D eigenvalue weighted by atomic mass is 9.97. The predicted molar refractivity (Wildman–Crippen MR) is 75.8 cm³/mol. The second kappa shape index (κ2) is 5.11. The van der Waals surface area contributed by atoms with Crippen molar-refractivity contribution >= 4 is 17.5 Å². The number of rotatable bonds is 2. The Morgan fingerprint density at radius 1 is 1.40 bits per heavy atom. The SMILES string of the molecule is CN1CCN(C(=O)Cc2ccc(N)cn2)C(C)(C)C1=O. The number of anilines is 1. The van der Waals surface area contributed by atoms with Crippen LogP contribution >= 0.6 is 0 Å². The molecule has 2 amide bonds. The number of likely N-dealkylation sites (N-methyl/N-ethyl adjacent to an activating group) is 1. The zero-order valence-corrected chi connectivity index (χ0v) is 12.1. The highest BCUT2D eigenvalue weighted by atomic mass is 16.2. The van der Waals surface area contributed by atoms with Crippen molar-refractivity contribution < 1.29 is 9.59 Å². The van der Waals surface area contributed by atoms with Crippen LogP contribution in [0.4, 0.5) is 5.69 Å². The van der Waals surface area contributed by atoms with E-state index in [0.29, 0.717) is 24.5 Å². The second-order valence-electron chi connectivity index (χ2n) is 5.59. The topological polar surface area (TPSA) is 79.5 Å². The molecule has 108 valence electrons. The number of hydrogen-bond acceptors (Lipinski definition) is 4. The van der Waals surface area contributed by atoms with Crippen molar-refractivity contribution in [2.24, 2.45) is 0 Å². The Balaban J connectivity index is 2.12. The number of carbonyl (C=O) groups is 2. The summed E-state index contributed by atoms with van der Waals surface area (Å²) in [5.41, 5.74) is 5.99. The second-order valence-corrected chi connectivity index (χ2v) is 5.59. The lowest BCUT2D eigenvalue weighted by Gasteiger charge is -2.44. The number of amides is 2. The maximum atomic E-state index is 12.4. The van der Waals surface area contributed by atoms with E-state index in [4.69, 9.17) is 5.73 Å². The van der Waals surface area contributed by atoms with Gasteiger partial charge < -0.3 is 15.5 Å². The molecule has 0 bridgehead atoms. The van der Waals surface area contributed by atoms with E-state index in [-0.39, 0.29) is 18.2 Å². The van der Waals surface area contributed by atoms with Gasteiger partial charge in [-0.05, 0) is 26.0 Å². The predicted octanol–water partition coefficient (Wildman–Crippen LogP) is 0.285. The van der Waals surface area contributed by atoms with Crippen LogP contribution in [0.2, 0.25) is 0 Å². The van der Waals surface area contributed by atoms with Crippen molar-refractivity contribution in [2.45, 2.75) is 25.8 Å². The van der Waals surface area contributed by atoms with Crippen LogP contribution in [-0.4, -0.2) is 52.3 Å². The minimum atomic E-state index is -0.808. The van der Waals surface area contributed by atoms with E-state index in [1.807, 2.05) is 0 Å². The number of aromatic nitrogens is 1. The van der Waals surface area contributed by atoms with Crippen LogP contribution in [0, 0.1) is 0 Å². The molecule has 1 saturated heterocycles. The van der Waals surface area contributed by atoms with Crippen LogP contribution in [0.5, 0.6) is 0 Å². The molecule has 1 aliphatic rings. The van der Waals surface area contributed by atoms with Crippen molar-refractivity contribution in [2.75, 3.05) is 25.9 Å². The molecule has 1 aromatic heterocycles. The van der Waals surface area contributed by atoms with Gasteiger partial charge in [-0.3, -0.25) is 14.6 Å². The number of carbonyl (C=O) groups excluding carboxylic acids is 2. The van der Waals surface area contributed by atoms with Gasteiger partial charge in [0.2, 0.25) is 11.8 Å². The zero-order chi connectivity index (χ0) is 14.9. The molecule has 0 aromatic carbocycles. The fourth-order valence-electron chi connectivity index (χ4n) is 2.44. The standard InChI is InChI=1S/C14H20N4O2/c1-14(2)13(20)17(3)6-7-18(14)12(19)8-11-5-4-10(15)9-16-11/h4-5,9H,6-8,15H2,1-3H3. The highest BCUT2D eigenvalue weighted by Crippen LogP contribution is 2.22. The summed E-state index contributed by atoms with van der Waals surface area (Å²) >= 11 is 0. The highest BCUT2D eigenvalue weighted by molar-refractivity contribution is 5.92. The lowest BCUT2D eigenvalue weighted by molar-refractivity contribution is -0.156. The molecule has 0 saturated carbocycles. The molecular weight excluding hydrogens is 256 g/mol. The Labute approximate surface area is 118 Å². The fraction of sp³-hybridized carbons (Fsp3) is 0.500. The smallest absolute Gasteiger partial charge is 0.247 e. The van der Waals surface area contributed by atoms with E-state index in [0.717, 1.165) is 0 Å². The first kappa shape index (κ1) is 14.3. The third kappa shape index (κ3) is 2.59. The van der Waals surface area contributed by atoms with Gasteiger partial charge in [0.15, 0.2) is 0 Å². The van der Waals surface area contributed by atoms with Crippen LogP contribution in [0.1, 0.15) is 19.5 Å². The molecule has 1 aromatic rings. The van der Waals surface area contributed by atoms with E-state index in [2.05, 4.69) is 4.98 Å². The first-order chi connectivity index (χ1) is 9.32. The quantitative estimate of drug-likeness (QED) is 0.841. The van der Waals surface area contributed by atoms with Gasteiger partial charge in [0.05, 0.1) is 18.3 Å². The Bertz CT molecular complexity index is 524. The lowest BCUT2D eigenvalue weighted by Crippen LogP contribution is -2.63. The maximum absolute atomic E-state index is 12.4. The summed E-state index contributed by atoms with van der Waals surface area (Å²) in [5.74, 6) is -0.129. The van der Waals surface area contributed by atoms with Crippen LogP contribution in [0.15, 0.2) is 18.3 Å². The molecule has 6 nitrogen and oxygen atoms in total. The first-order valence-electron chi connectivity index (χ1n) is 6.59. The van der Waals surface area contributed by atoms with Crippen LogP contribution in [-0.2, 0) is 16.0 Å². The summed E-state index contributed by atoms with van der Waals surface area (Å²) in [6.45, 7) is 4.66. The minimum Gasteiger partial charge on any atom is -0.397 e. The number of nitrogens with zero attached hydrogens (tertiary/aromatic N) is 3. The molecule has 1 aliphatic heterocycles. The summed E-state index contributed by atoms with van der Waals surface area (Å²) in [6.07, 6.45) is 1.71. The number of nitrogen functional groups attached to an aromatic ring is 1. The largest absolute Gasteiger partial charge is 0.397 e. The molecule has 20 heavy (non-hydrogen) atoms. The molecule has 2 rings (SSSR count). The maximum Gasteiger partial charge on any atom is 0.247 e. The van der Waals surface area contributed by atoms with Gasteiger partial charge in [0.1, 0.15) is 5.54 Å². The van der Waals surface area contributed by atoms with Crippen molar-refractivity contribution in [1.29, 1.82) is 0 Å². The van der Waals surface area contributed by atoms with E-state index in [9.17, 15) is 9.59 Å². The van der Waals surface area contributed by atoms with Crippen LogP contribution < -0.4 is 5.73 Å². The monoisotopic (exact) mass is 276 g/mol. The Morgan fingerprint density at radius 3 is 2.70 bits per heavy atom.